The van der Waals surface area contributed by atoms with Crippen molar-refractivity contribution in [1.82, 2.24) is 9.78 Å². The lowest BCUT2D eigenvalue weighted by Crippen LogP contribution is -2.13. The summed E-state index contributed by atoms with van der Waals surface area (Å²) in [5, 5.41) is 7.68. The molecule has 0 aliphatic heterocycles. The molecule has 2 aromatic carbocycles. The minimum absolute atomic E-state index is 0.114. The van der Waals surface area contributed by atoms with Crippen LogP contribution >= 0.6 is 11.6 Å². The van der Waals surface area contributed by atoms with Crippen LogP contribution in [-0.2, 0) is 9.84 Å². The molecule has 0 fully saturated rings. The Labute approximate surface area is 177 Å². The molecule has 0 saturated heterocycles. The summed E-state index contributed by atoms with van der Waals surface area (Å²) in [5.74, 6) is 0.0525. The Morgan fingerprint density at radius 3 is 2.50 bits per heavy atom. The molecule has 0 unspecified atom stereocenters. The third-order valence-electron chi connectivity index (χ3n) is 4.31. The van der Waals surface area contributed by atoms with Crippen LogP contribution in [0.1, 0.15) is 10.5 Å². The zero-order chi connectivity index (χ0) is 21.3. The number of benzene rings is 2. The number of carbonyl (C=O) groups excluding carboxylic acids is 1. The molecular formula is C21H16ClN3O4S. The summed E-state index contributed by atoms with van der Waals surface area (Å²) in [6.45, 7) is 0. The number of rotatable bonds is 5. The number of halogens is 1. The zero-order valence-corrected chi connectivity index (χ0v) is 17.3. The van der Waals surface area contributed by atoms with Crippen LogP contribution in [0.5, 0.6) is 0 Å². The van der Waals surface area contributed by atoms with Crippen LogP contribution < -0.4 is 5.32 Å². The number of nitrogens with zero attached hydrogens (tertiary/aromatic N) is 2. The molecule has 0 bridgehead atoms. The first-order valence-electron chi connectivity index (χ1n) is 8.82. The van der Waals surface area contributed by atoms with Crippen molar-refractivity contribution in [2.45, 2.75) is 4.90 Å². The van der Waals surface area contributed by atoms with Crippen molar-refractivity contribution in [3.8, 4) is 17.1 Å². The quantitative estimate of drug-likeness (QED) is 0.494. The molecule has 0 aliphatic rings. The van der Waals surface area contributed by atoms with Crippen LogP contribution in [0.25, 0.3) is 17.1 Å². The second-order valence-corrected chi connectivity index (χ2v) is 8.99. The van der Waals surface area contributed by atoms with Crippen molar-refractivity contribution in [2.24, 2.45) is 0 Å². The van der Waals surface area contributed by atoms with E-state index >= 15 is 0 Å². The Bertz CT molecular complexity index is 1310. The van der Waals surface area contributed by atoms with Crippen molar-refractivity contribution in [2.75, 3.05) is 11.6 Å². The molecular weight excluding hydrogens is 426 g/mol. The van der Waals surface area contributed by atoms with Gasteiger partial charge in [-0.05, 0) is 54.6 Å². The van der Waals surface area contributed by atoms with Crippen molar-refractivity contribution in [1.29, 1.82) is 0 Å². The van der Waals surface area contributed by atoms with Crippen LogP contribution in [0.3, 0.4) is 0 Å². The average molecular weight is 442 g/mol. The number of furan rings is 1. The second-order valence-electron chi connectivity index (χ2n) is 6.53. The summed E-state index contributed by atoms with van der Waals surface area (Å²) in [6.07, 6.45) is 2.64. The van der Waals surface area contributed by atoms with Gasteiger partial charge in [0.1, 0.15) is 5.69 Å². The third kappa shape index (κ3) is 4.14. The molecule has 0 atom stereocenters. The van der Waals surface area contributed by atoms with Gasteiger partial charge < -0.3 is 9.73 Å². The maximum atomic E-state index is 12.8. The van der Waals surface area contributed by atoms with Gasteiger partial charge in [-0.3, -0.25) is 4.79 Å². The van der Waals surface area contributed by atoms with Gasteiger partial charge in [0.2, 0.25) is 0 Å². The van der Waals surface area contributed by atoms with Gasteiger partial charge in [-0.1, -0.05) is 17.7 Å². The number of anilines is 1. The molecule has 4 rings (SSSR count). The van der Waals surface area contributed by atoms with E-state index in [0.29, 0.717) is 27.9 Å². The predicted molar refractivity (Wildman–Crippen MR) is 114 cm³/mol. The van der Waals surface area contributed by atoms with E-state index in [1.807, 2.05) is 0 Å². The first kappa shape index (κ1) is 19.9. The second kappa shape index (κ2) is 7.81. The van der Waals surface area contributed by atoms with Crippen molar-refractivity contribution < 1.29 is 17.6 Å². The minimum atomic E-state index is -3.39. The molecule has 152 valence electrons. The molecule has 4 aromatic rings. The van der Waals surface area contributed by atoms with Crippen LogP contribution in [-0.4, -0.2) is 30.4 Å². The van der Waals surface area contributed by atoms with E-state index in [1.165, 1.54) is 18.4 Å². The highest BCUT2D eigenvalue weighted by Crippen LogP contribution is 2.26. The fraction of sp³-hybridized carbons (Fsp3) is 0.0476. The summed E-state index contributed by atoms with van der Waals surface area (Å²) in [7, 11) is -3.39. The van der Waals surface area contributed by atoms with Gasteiger partial charge >= 0.3 is 0 Å². The van der Waals surface area contributed by atoms with Crippen LogP contribution in [0.2, 0.25) is 5.02 Å². The number of sulfone groups is 1. The van der Waals surface area contributed by atoms with E-state index in [2.05, 4.69) is 10.4 Å². The Morgan fingerprint density at radius 1 is 1.07 bits per heavy atom. The number of hydrogen-bond acceptors (Lipinski definition) is 5. The largest absolute Gasteiger partial charge is 0.463 e. The molecule has 0 spiro atoms. The maximum absolute atomic E-state index is 12.8. The summed E-state index contributed by atoms with van der Waals surface area (Å²) >= 11 is 5.97. The molecule has 1 amide bonds. The van der Waals surface area contributed by atoms with Crippen molar-refractivity contribution in [3.05, 3.63) is 83.7 Å². The highest BCUT2D eigenvalue weighted by atomic mass is 35.5. The molecule has 2 aromatic heterocycles. The number of carbonyl (C=O) groups is 1. The van der Waals surface area contributed by atoms with Crippen LogP contribution in [0.15, 0.2) is 82.3 Å². The van der Waals surface area contributed by atoms with Crippen LogP contribution in [0.4, 0.5) is 5.69 Å². The molecule has 30 heavy (non-hydrogen) atoms. The van der Waals surface area contributed by atoms with Gasteiger partial charge in [0.15, 0.2) is 21.3 Å². The molecule has 1 N–H and O–H groups in total. The van der Waals surface area contributed by atoms with Crippen molar-refractivity contribution >= 4 is 33.0 Å². The number of amides is 1. The van der Waals surface area contributed by atoms with Gasteiger partial charge in [-0.2, -0.15) is 5.10 Å². The highest BCUT2D eigenvalue weighted by Gasteiger charge is 2.19. The van der Waals surface area contributed by atoms with E-state index in [9.17, 15) is 13.2 Å². The van der Waals surface area contributed by atoms with E-state index in [-0.39, 0.29) is 10.6 Å². The fourth-order valence-corrected chi connectivity index (χ4v) is 3.66. The van der Waals surface area contributed by atoms with E-state index in [0.717, 1.165) is 6.26 Å². The maximum Gasteiger partial charge on any atom is 0.276 e. The highest BCUT2D eigenvalue weighted by molar-refractivity contribution is 7.90. The fourth-order valence-electron chi connectivity index (χ4n) is 2.87. The lowest BCUT2D eigenvalue weighted by molar-refractivity contribution is 0.102. The smallest absolute Gasteiger partial charge is 0.276 e. The van der Waals surface area contributed by atoms with E-state index in [4.69, 9.17) is 16.0 Å². The number of aromatic nitrogens is 2. The molecule has 0 aliphatic carbocycles. The molecule has 0 radical (unpaired) electrons. The predicted octanol–water partition coefficient (Wildman–Crippen LogP) is 4.44. The first-order valence-corrected chi connectivity index (χ1v) is 11.1. The van der Waals surface area contributed by atoms with Crippen molar-refractivity contribution in [3.63, 3.8) is 0 Å². The van der Waals surface area contributed by atoms with E-state index in [1.54, 1.807) is 59.3 Å². The lowest BCUT2D eigenvalue weighted by atomic mass is 10.2. The van der Waals surface area contributed by atoms with E-state index < -0.39 is 15.7 Å². The summed E-state index contributed by atoms with van der Waals surface area (Å²) < 4.78 is 30.6. The Hall–Kier alpha value is -3.36. The van der Waals surface area contributed by atoms with Gasteiger partial charge in [0.05, 0.1) is 16.8 Å². The molecule has 7 nitrogen and oxygen atoms in total. The molecule has 9 heteroatoms. The monoisotopic (exact) mass is 441 g/mol. The molecule has 0 saturated carbocycles. The normalized spacial score (nSPS) is 11.4. The topological polar surface area (TPSA) is 94.2 Å². The average Bonchev–Trinajstić information content (AvgIpc) is 3.38. The Kier molecular flexibility index (Phi) is 5.19. The SMILES string of the molecule is CS(=O)(=O)c1cccc(NC(=O)c2cc(-c3ccco3)n(-c3ccc(Cl)cc3)n2)c1. The zero-order valence-electron chi connectivity index (χ0n) is 15.7. The van der Waals surface area contributed by atoms with Gasteiger partial charge in [0, 0.05) is 23.0 Å². The molecule has 2 heterocycles. The summed E-state index contributed by atoms with van der Waals surface area (Å²) in [4.78, 5) is 12.9. The Morgan fingerprint density at radius 2 is 1.83 bits per heavy atom. The van der Waals surface area contributed by atoms with Gasteiger partial charge in [0.25, 0.3) is 5.91 Å². The number of hydrogen-bond donors (Lipinski definition) is 1. The standard InChI is InChI=1S/C21H16ClN3O4S/c1-30(27,28)17-5-2-4-15(12-17)23-21(26)18-13-19(20-6-3-11-29-20)25(24-18)16-9-7-14(22)8-10-16/h2-13H,1H3,(H,23,26). The first-order chi connectivity index (χ1) is 14.3. The summed E-state index contributed by atoms with van der Waals surface area (Å²) in [5.41, 5.74) is 1.77. The number of nitrogens with one attached hydrogen (secondary N) is 1. The van der Waals surface area contributed by atoms with Gasteiger partial charge in [-0.15, -0.1) is 0 Å². The van der Waals surface area contributed by atoms with Crippen LogP contribution in [0, 0.1) is 0 Å². The van der Waals surface area contributed by atoms with Gasteiger partial charge in [-0.25, -0.2) is 13.1 Å². The third-order valence-corrected chi connectivity index (χ3v) is 5.67. The minimum Gasteiger partial charge on any atom is -0.463 e. The summed E-state index contributed by atoms with van der Waals surface area (Å²) in [6, 6.07) is 18.1. The Balaban J connectivity index is 1.70. The lowest BCUT2D eigenvalue weighted by Gasteiger charge is -2.06.